The van der Waals surface area contributed by atoms with Crippen LogP contribution in [0.2, 0.25) is 0 Å². The lowest BCUT2D eigenvalue weighted by Gasteiger charge is -2.18. The van der Waals surface area contributed by atoms with E-state index in [4.69, 9.17) is 28.4 Å². The molecule has 0 aliphatic heterocycles. The van der Waals surface area contributed by atoms with Crippen molar-refractivity contribution in [3.05, 3.63) is 11.9 Å². The Labute approximate surface area is 384 Å². The normalized spacial score (nSPS) is 12.2. The third-order valence-electron chi connectivity index (χ3n) is 8.73. The van der Waals surface area contributed by atoms with Crippen LogP contribution in [0.25, 0.3) is 0 Å². The molecule has 0 unspecified atom stereocenters. The van der Waals surface area contributed by atoms with E-state index in [1.807, 2.05) is 41.5 Å². The number of carbonyl (C=O) groups is 4. The van der Waals surface area contributed by atoms with Crippen molar-refractivity contribution in [2.45, 2.75) is 190 Å². The van der Waals surface area contributed by atoms with E-state index in [9.17, 15) is 19.2 Å². The summed E-state index contributed by atoms with van der Waals surface area (Å²) >= 11 is 0. The Bertz CT molecular complexity index is 1370. The molecule has 1 rings (SSSR count). The van der Waals surface area contributed by atoms with Crippen LogP contribution in [-0.4, -0.2) is 98.3 Å². The molecule has 1 amide bonds. The summed E-state index contributed by atoms with van der Waals surface area (Å²) in [5, 5.41) is 10.6. The highest BCUT2D eigenvalue weighted by Crippen LogP contribution is 2.24. The standard InChI is InChI=1S/C21H38N4O6.C14H28O.C13H26O3.CH4/c1-20(2,3)7-9-28-12-14-31-19(27)22-15-17-16-25(24-23-17)8-10-29-11-13-30-18(26)21(4,5)6;1-13(2,3)11-9-7-8-10-12(15)14(4,5)6;1-12(2,3)7-8-15-9-10-16-11(14)13(4,5)6;/h16H,7-15H2,1-6H3,(H,22,27);7-11H2,1-6H3;7-10H2,1-6H3;1H4. The number of nitrogens with one attached hydrogen (secondary N) is 1. The Hall–Kier alpha value is -3.10. The second kappa shape index (κ2) is 31.7. The van der Waals surface area contributed by atoms with Crippen molar-refractivity contribution >= 4 is 23.8 Å². The lowest BCUT2D eigenvalue weighted by molar-refractivity contribution is -0.155. The number of rotatable bonds is 23. The van der Waals surface area contributed by atoms with Gasteiger partial charge in [-0.25, -0.2) is 9.48 Å². The molecule has 14 nitrogen and oxygen atoms in total. The maximum atomic E-state index is 11.7. The van der Waals surface area contributed by atoms with Crippen molar-refractivity contribution in [3.8, 4) is 0 Å². The van der Waals surface area contributed by atoms with Gasteiger partial charge in [-0.3, -0.25) is 14.4 Å². The van der Waals surface area contributed by atoms with Gasteiger partial charge >= 0.3 is 18.0 Å². The van der Waals surface area contributed by atoms with E-state index in [-0.39, 0.29) is 50.0 Å². The molecule has 1 heterocycles. The summed E-state index contributed by atoms with van der Waals surface area (Å²) in [4.78, 5) is 46.3. The first kappa shape index (κ1) is 64.2. The van der Waals surface area contributed by atoms with Crippen LogP contribution in [0.3, 0.4) is 0 Å². The summed E-state index contributed by atoms with van der Waals surface area (Å²) in [6.45, 7) is 41.1. The van der Waals surface area contributed by atoms with E-state index in [0.717, 1.165) is 32.3 Å². The zero-order valence-electron chi connectivity index (χ0n) is 42.7. The number of ketones is 1. The zero-order chi connectivity index (χ0) is 48.3. The number of ether oxygens (including phenoxy) is 6. The largest absolute Gasteiger partial charge is 0.463 e. The van der Waals surface area contributed by atoms with E-state index in [2.05, 4.69) is 77.9 Å². The van der Waals surface area contributed by atoms with E-state index < -0.39 is 16.9 Å². The number of hydrogen-bond acceptors (Lipinski definition) is 12. The van der Waals surface area contributed by atoms with E-state index >= 15 is 0 Å². The van der Waals surface area contributed by atoms with Gasteiger partial charge in [-0.15, -0.1) is 5.10 Å². The minimum absolute atomic E-state index is 0. The summed E-state index contributed by atoms with van der Waals surface area (Å²) in [5.41, 5.74) is 0.476. The molecule has 1 aromatic heterocycles. The number of carbonyl (C=O) groups excluding carboxylic acids is 4. The molecule has 0 bridgehead atoms. The minimum atomic E-state index is -0.526. The Balaban J connectivity index is -0.000000948. The Morgan fingerprint density at radius 2 is 0.952 bits per heavy atom. The van der Waals surface area contributed by atoms with Crippen LogP contribution in [0.15, 0.2) is 6.20 Å². The fraction of sp³-hybridized carbons (Fsp3) is 0.878. The third kappa shape index (κ3) is 42.6. The highest BCUT2D eigenvalue weighted by Gasteiger charge is 2.24. The molecule has 0 atom stereocenters. The molecule has 0 saturated heterocycles. The van der Waals surface area contributed by atoms with Crippen molar-refractivity contribution in [1.29, 1.82) is 0 Å². The number of hydrogen-bond donors (Lipinski definition) is 1. The monoisotopic (exact) mass is 901 g/mol. The number of nitrogens with zero attached hydrogens (tertiary/aromatic N) is 3. The molecule has 1 N–H and O–H groups in total. The average molecular weight is 901 g/mol. The third-order valence-corrected chi connectivity index (χ3v) is 8.73. The lowest BCUT2D eigenvalue weighted by Crippen LogP contribution is -2.25. The second-order valence-electron chi connectivity index (χ2n) is 22.5. The molecule has 0 spiro atoms. The number of amides is 1. The van der Waals surface area contributed by atoms with Gasteiger partial charge < -0.3 is 33.7 Å². The predicted molar refractivity (Wildman–Crippen MR) is 253 cm³/mol. The maximum Gasteiger partial charge on any atom is 0.407 e. The maximum absolute atomic E-state index is 11.7. The first-order valence-corrected chi connectivity index (χ1v) is 22.6. The number of unbranched alkanes of at least 4 members (excludes halogenated alkanes) is 2. The molecule has 0 fully saturated rings. The molecule has 0 aromatic carbocycles. The van der Waals surface area contributed by atoms with Crippen LogP contribution in [-0.2, 0) is 55.9 Å². The van der Waals surface area contributed by atoms with Gasteiger partial charge in [0.05, 0.1) is 56.5 Å². The lowest BCUT2D eigenvalue weighted by atomic mass is 9.86. The molecule has 0 aliphatic carbocycles. The van der Waals surface area contributed by atoms with Crippen LogP contribution in [0.5, 0.6) is 0 Å². The molecular weight excluding hydrogens is 805 g/mol. The minimum Gasteiger partial charge on any atom is -0.463 e. The predicted octanol–water partition coefficient (Wildman–Crippen LogP) is 10.8. The van der Waals surface area contributed by atoms with Crippen molar-refractivity contribution < 1.29 is 47.6 Å². The second-order valence-corrected chi connectivity index (χ2v) is 22.5. The topological polar surface area (TPSA) is 166 Å². The van der Waals surface area contributed by atoms with E-state index in [1.54, 1.807) is 31.6 Å². The van der Waals surface area contributed by atoms with E-state index in [0.29, 0.717) is 68.5 Å². The first-order chi connectivity index (χ1) is 28.2. The first-order valence-electron chi connectivity index (χ1n) is 22.6. The van der Waals surface area contributed by atoms with Crippen LogP contribution in [0, 0.1) is 32.5 Å². The van der Waals surface area contributed by atoms with Crippen molar-refractivity contribution in [1.82, 2.24) is 20.3 Å². The quantitative estimate of drug-likeness (QED) is 0.0628. The fourth-order valence-electron chi connectivity index (χ4n) is 4.47. The summed E-state index contributed by atoms with van der Waals surface area (Å²) < 4.78 is 33.1. The van der Waals surface area contributed by atoms with Gasteiger partial charge in [0.15, 0.2) is 0 Å². The highest BCUT2D eigenvalue weighted by atomic mass is 16.6. The molecule has 14 heteroatoms. The van der Waals surface area contributed by atoms with Gasteiger partial charge in [0.1, 0.15) is 31.3 Å². The molecule has 0 radical (unpaired) electrons. The molecule has 0 saturated carbocycles. The molecule has 0 aliphatic rings. The number of esters is 2. The van der Waals surface area contributed by atoms with Gasteiger partial charge in [-0.1, -0.05) is 109 Å². The van der Waals surface area contributed by atoms with Crippen LogP contribution in [0.1, 0.15) is 183 Å². The van der Waals surface area contributed by atoms with Gasteiger partial charge in [0.2, 0.25) is 0 Å². The molecular formula is C49H96N4O10. The molecule has 1 aromatic rings. The molecule has 63 heavy (non-hydrogen) atoms. The number of Topliss-reactive ketones (excluding diaryl/α,β-unsaturated/α-hetero) is 1. The summed E-state index contributed by atoms with van der Waals surface area (Å²) in [6.07, 6.45) is 8.68. The van der Waals surface area contributed by atoms with Crippen LogP contribution < -0.4 is 5.32 Å². The SMILES string of the molecule is C.CC(C)(C)CCCCCC(=O)C(C)(C)C.CC(C)(C)CCOCCOC(=O)C(C)(C)C.CC(C)(C)CCOCCOC(=O)NCc1cn(CCOCCOC(=O)C(C)(C)C)nn1. The van der Waals surface area contributed by atoms with Crippen LogP contribution >= 0.6 is 0 Å². The van der Waals surface area contributed by atoms with Crippen LogP contribution in [0.4, 0.5) is 4.79 Å². The fourth-order valence-corrected chi connectivity index (χ4v) is 4.47. The smallest absolute Gasteiger partial charge is 0.407 e. The van der Waals surface area contributed by atoms with E-state index in [1.165, 1.54) is 19.3 Å². The summed E-state index contributed by atoms with van der Waals surface area (Å²) in [6, 6.07) is 0. The average Bonchev–Trinajstić information content (AvgIpc) is 3.57. The number of alkyl carbamates (subject to hydrolysis) is 1. The van der Waals surface area contributed by atoms with Crippen molar-refractivity contribution in [3.63, 3.8) is 0 Å². The van der Waals surface area contributed by atoms with Gasteiger partial charge in [0.25, 0.3) is 0 Å². The Morgan fingerprint density at radius 3 is 1.37 bits per heavy atom. The molecule has 372 valence electrons. The zero-order valence-corrected chi connectivity index (χ0v) is 42.7. The van der Waals surface area contributed by atoms with Gasteiger partial charge in [-0.05, 0) is 83.5 Å². The summed E-state index contributed by atoms with van der Waals surface area (Å²) in [7, 11) is 0. The Morgan fingerprint density at radius 1 is 0.524 bits per heavy atom. The summed E-state index contributed by atoms with van der Waals surface area (Å²) in [5.74, 6) is -0.0266. The van der Waals surface area contributed by atoms with Crippen molar-refractivity contribution in [2.24, 2.45) is 32.5 Å². The van der Waals surface area contributed by atoms with Crippen molar-refractivity contribution in [2.75, 3.05) is 59.5 Å². The Kier molecular flexibility index (Phi) is 32.3. The van der Waals surface area contributed by atoms with Gasteiger partial charge in [0, 0.05) is 25.0 Å². The highest BCUT2D eigenvalue weighted by molar-refractivity contribution is 5.83. The number of aromatic nitrogens is 3. The van der Waals surface area contributed by atoms with Gasteiger partial charge in [-0.2, -0.15) is 0 Å².